The highest BCUT2D eigenvalue weighted by atomic mass is 19.4. The summed E-state index contributed by atoms with van der Waals surface area (Å²) in [6.07, 6.45) is 1.75. The molecule has 34 heavy (non-hydrogen) atoms. The zero-order valence-corrected chi connectivity index (χ0v) is 18.7. The van der Waals surface area contributed by atoms with Gasteiger partial charge in [0.1, 0.15) is 17.6 Å². The van der Waals surface area contributed by atoms with Crippen LogP contribution in [0.2, 0.25) is 0 Å². The van der Waals surface area contributed by atoms with E-state index in [4.69, 9.17) is 28.8 Å². The summed E-state index contributed by atoms with van der Waals surface area (Å²) < 4.78 is 54.6. The van der Waals surface area contributed by atoms with E-state index in [9.17, 15) is 13.2 Å². The van der Waals surface area contributed by atoms with Crippen LogP contribution in [-0.4, -0.2) is 77.7 Å². The summed E-state index contributed by atoms with van der Waals surface area (Å²) in [4.78, 5) is 19.5. The Hall–Kier alpha value is -3.12. The summed E-state index contributed by atoms with van der Waals surface area (Å²) in [5.74, 6) is -0.552. The molecule has 1 aromatic carbocycles. The molecule has 1 unspecified atom stereocenters. The number of ether oxygens (including phenoxy) is 4. The summed E-state index contributed by atoms with van der Waals surface area (Å²) in [5.41, 5.74) is 1.05. The Morgan fingerprint density at radius 2 is 1.85 bits per heavy atom. The largest absolute Gasteiger partial charge is 0.497 e. The first-order valence-corrected chi connectivity index (χ1v) is 10.4. The second-order valence-electron chi connectivity index (χ2n) is 7.98. The normalized spacial score (nSPS) is 19.4. The fourth-order valence-electron chi connectivity index (χ4n) is 3.92. The highest BCUT2D eigenvalue weighted by molar-refractivity contribution is 5.73. The van der Waals surface area contributed by atoms with Gasteiger partial charge in [0.05, 0.1) is 32.6 Å². The maximum Gasteiger partial charge on any atom is 0.490 e. The summed E-state index contributed by atoms with van der Waals surface area (Å²) in [6.45, 7) is 3.35. The number of hydrogen-bond acceptors (Lipinski definition) is 8. The maximum atomic E-state index is 10.6. The Kier molecular flexibility index (Phi) is 8.15. The Bertz CT molecular complexity index is 932. The molecule has 0 aliphatic carbocycles. The summed E-state index contributed by atoms with van der Waals surface area (Å²) in [5, 5.41) is 7.12. The number of rotatable bonds is 6. The number of likely N-dealkylation sites (tertiary alicyclic amines) is 1. The van der Waals surface area contributed by atoms with E-state index in [2.05, 4.69) is 27.0 Å². The van der Waals surface area contributed by atoms with Crippen LogP contribution in [0.15, 0.2) is 36.8 Å². The van der Waals surface area contributed by atoms with Crippen molar-refractivity contribution in [2.75, 3.05) is 33.9 Å². The highest BCUT2D eigenvalue weighted by Gasteiger charge is 2.48. The number of nitrogens with zero attached hydrogens (tertiary/aromatic N) is 3. The molecule has 0 saturated carbocycles. The number of benzene rings is 1. The summed E-state index contributed by atoms with van der Waals surface area (Å²) in [6, 6.07) is 5.99. The van der Waals surface area contributed by atoms with Gasteiger partial charge in [0.25, 0.3) is 0 Å². The van der Waals surface area contributed by atoms with Gasteiger partial charge in [-0.3, -0.25) is 9.88 Å². The average molecular weight is 485 g/mol. The molecular formula is C22H26F3N3O6. The average Bonchev–Trinajstić information content (AvgIpc) is 2.78. The molecule has 2 saturated heterocycles. The van der Waals surface area contributed by atoms with Crippen molar-refractivity contribution in [3.8, 4) is 17.4 Å². The van der Waals surface area contributed by atoms with E-state index in [-0.39, 0.29) is 11.7 Å². The molecule has 0 bridgehead atoms. The smallest absolute Gasteiger partial charge is 0.490 e. The first kappa shape index (κ1) is 25.5. The Morgan fingerprint density at radius 3 is 2.38 bits per heavy atom. The molecule has 1 aromatic heterocycles. The van der Waals surface area contributed by atoms with Gasteiger partial charge in [0, 0.05) is 50.9 Å². The fourth-order valence-corrected chi connectivity index (χ4v) is 3.92. The van der Waals surface area contributed by atoms with Gasteiger partial charge in [-0.1, -0.05) is 0 Å². The van der Waals surface area contributed by atoms with Gasteiger partial charge in [-0.15, -0.1) is 0 Å². The van der Waals surface area contributed by atoms with Crippen molar-refractivity contribution in [3.63, 3.8) is 0 Å². The van der Waals surface area contributed by atoms with Crippen molar-refractivity contribution in [1.29, 1.82) is 0 Å². The number of alkyl halides is 3. The zero-order chi connectivity index (χ0) is 24.8. The maximum absolute atomic E-state index is 10.6. The van der Waals surface area contributed by atoms with E-state index in [1.54, 1.807) is 32.8 Å². The van der Waals surface area contributed by atoms with Crippen molar-refractivity contribution in [2.45, 2.75) is 37.3 Å². The minimum Gasteiger partial charge on any atom is -0.497 e. The van der Waals surface area contributed by atoms with Gasteiger partial charge in [-0.2, -0.15) is 13.2 Å². The highest BCUT2D eigenvalue weighted by Crippen LogP contribution is 2.36. The number of aromatic nitrogens is 2. The number of halogens is 3. The van der Waals surface area contributed by atoms with Gasteiger partial charge in [-0.05, 0) is 17.7 Å². The van der Waals surface area contributed by atoms with Gasteiger partial charge in [0.15, 0.2) is 0 Å². The third-order valence-corrected chi connectivity index (χ3v) is 5.36. The topological polar surface area (TPSA) is 103 Å². The monoisotopic (exact) mass is 485 g/mol. The molecule has 186 valence electrons. The molecule has 12 heteroatoms. The molecule has 2 aliphatic heterocycles. The first-order valence-electron chi connectivity index (χ1n) is 10.4. The van der Waals surface area contributed by atoms with Crippen LogP contribution in [0.4, 0.5) is 13.2 Å². The van der Waals surface area contributed by atoms with Crippen molar-refractivity contribution in [3.05, 3.63) is 42.4 Å². The Morgan fingerprint density at radius 1 is 1.21 bits per heavy atom. The minimum atomic E-state index is -5.08. The third-order valence-electron chi connectivity index (χ3n) is 5.36. The number of carboxylic acids is 1. The standard InChI is InChI=1S/C20H25N3O4.C2HF3O2/c1-24-17-7-15(8-18(9-17)25-2)12-23-13-20(14-23)10-16(3-6-26-20)27-19-11-21-4-5-22-19;3-2(4,5)1(6)7/h4-5,7-9,11,16H,3,6,10,12-14H2,1-2H3;(H,6,7). The minimum absolute atomic E-state index is 0.117. The summed E-state index contributed by atoms with van der Waals surface area (Å²) >= 11 is 0. The second kappa shape index (κ2) is 10.9. The molecule has 0 radical (unpaired) electrons. The van der Waals surface area contributed by atoms with Gasteiger partial charge >= 0.3 is 12.1 Å². The van der Waals surface area contributed by atoms with Crippen LogP contribution < -0.4 is 14.2 Å². The molecule has 2 aliphatic rings. The lowest BCUT2D eigenvalue weighted by molar-refractivity contribution is -0.192. The van der Waals surface area contributed by atoms with E-state index >= 15 is 0 Å². The van der Waals surface area contributed by atoms with Crippen LogP contribution in [0.3, 0.4) is 0 Å². The number of carboxylic acid groups (broad SMARTS) is 1. The summed E-state index contributed by atoms with van der Waals surface area (Å²) in [7, 11) is 3.34. The molecule has 9 nitrogen and oxygen atoms in total. The van der Waals surface area contributed by atoms with Crippen LogP contribution in [0.1, 0.15) is 18.4 Å². The molecule has 1 atom stereocenters. The van der Waals surface area contributed by atoms with Crippen molar-refractivity contribution in [1.82, 2.24) is 14.9 Å². The van der Waals surface area contributed by atoms with E-state index < -0.39 is 12.1 Å². The molecule has 1 N–H and O–H groups in total. The molecule has 0 amide bonds. The first-order chi connectivity index (χ1) is 16.1. The van der Waals surface area contributed by atoms with Crippen LogP contribution in [0, 0.1) is 0 Å². The second-order valence-corrected chi connectivity index (χ2v) is 7.98. The van der Waals surface area contributed by atoms with Crippen molar-refractivity contribution < 1.29 is 42.0 Å². The van der Waals surface area contributed by atoms with E-state index in [1.165, 1.54) is 5.56 Å². The van der Waals surface area contributed by atoms with E-state index in [0.29, 0.717) is 12.5 Å². The Balaban J connectivity index is 0.000000406. The molecule has 1 spiro atoms. The van der Waals surface area contributed by atoms with Crippen LogP contribution in [-0.2, 0) is 16.1 Å². The number of carbonyl (C=O) groups is 1. The number of hydrogen-bond donors (Lipinski definition) is 1. The molecular weight excluding hydrogens is 459 g/mol. The fraction of sp³-hybridized carbons (Fsp3) is 0.500. The predicted octanol–water partition coefficient (Wildman–Crippen LogP) is 2.94. The molecule has 2 fully saturated rings. The molecule has 4 rings (SSSR count). The number of methoxy groups -OCH3 is 2. The van der Waals surface area contributed by atoms with Crippen molar-refractivity contribution in [2.24, 2.45) is 0 Å². The zero-order valence-electron chi connectivity index (χ0n) is 18.7. The van der Waals surface area contributed by atoms with E-state index in [0.717, 1.165) is 44.0 Å². The van der Waals surface area contributed by atoms with Crippen LogP contribution in [0.25, 0.3) is 0 Å². The van der Waals surface area contributed by atoms with Crippen LogP contribution >= 0.6 is 0 Å². The lowest BCUT2D eigenvalue weighted by Crippen LogP contribution is -2.65. The van der Waals surface area contributed by atoms with Gasteiger partial charge in [-0.25, -0.2) is 9.78 Å². The van der Waals surface area contributed by atoms with E-state index in [1.807, 2.05) is 6.07 Å². The predicted molar refractivity (Wildman–Crippen MR) is 113 cm³/mol. The van der Waals surface area contributed by atoms with Gasteiger partial charge < -0.3 is 24.1 Å². The van der Waals surface area contributed by atoms with Crippen LogP contribution in [0.5, 0.6) is 17.4 Å². The van der Waals surface area contributed by atoms with Gasteiger partial charge in [0.2, 0.25) is 5.88 Å². The number of aliphatic carboxylic acids is 1. The quantitative estimate of drug-likeness (QED) is 0.662. The van der Waals surface area contributed by atoms with Crippen molar-refractivity contribution >= 4 is 5.97 Å². The lowest BCUT2D eigenvalue weighted by atomic mass is 9.84. The third kappa shape index (κ3) is 6.94. The SMILES string of the molecule is COc1cc(CN2CC3(CC(Oc4cnccn4)CCO3)C2)cc(OC)c1.O=C(O)C(F)(F)F. The molecule has 2 aromatic rings. The lowest BCUT2D eigenvalue weighted by Gasteiger charge is -2.53. The Labute approximate surface area is 194 Å². The molecule has 3 heterocycles.